The van der Waals surface area contributed by atoms with Crippen LogP contribution in [0.4, 0.5) is 0 Å². The molecule has 0 radical (unpaired) electrons. The van der Waals surface area contributed by atoms with Crippen molar-refractivity contribution in [1.29, 1.82) is 0 Å². The van der Waals surface area contributed by atoms with Gasteiger partial charge in [0.25, 0.3) is 5.91 Å². The summed E-state index contributed by atoms with van der Waals surface area (Å²) in [6, 6.07) is 5.76. The molecule has 14 heavy (non-hydrogen) atoms. The summed E-state index contributed by atoms with van der Waals surface area (Å²) in [5.74, 6) is 0.123. The fraction of sp³-hybridized carbons (Fsp3) is 0.364. The van der Waals surface area contributed by atoms with E-state index in [0.717, 1.165) is 22.1 Å². The average molecular weight is 256 g/mol. The molecule has 2 rings (SSSR count). The number of hydrogen-bond acceptors (Lipinski definition) is 1. The molecule has 0 aliphatic carbocycles. The van der Waals surface area contributed by atoms with Gasteiger partial charge in [-0.3, -0.25) is 4.79 Å². The van der Waals surface area contributed by atoms with Gasteiger partial charge in [-0.25, -0.2) is 0 Å². The zero-order chi connectivity index (χ0) is 10.7. The highest BCUT2D eigenvalue weighted by Gasteiger charge is 2.23. The van der Waals surface area contributed by atoms with Crippen molar-refractivity contribution in [2.24, 2.45) is 0 Å². The monoisotopic (exact) mass is 255 g/mol. The van der Waals surface area contributed by atoms with Gasteiger partial charge >= 0.3 is 0 Å². The molecular weight excluding hydrogens is 242 g/mol. The maximum absolute atomic E-state index is 11.4. The van der Waals surface area contributed by atoms with Gasteiger partial charge in [0.1, 0.15) is 0 Å². The van der Waals surface area contributed by atoms with Crippen LogP contribution in [0.3, 0.4) is 0 Å². The maximum Gasteiger partial charge on any atom is 0.254 e. The van der Waals surface area contributed by atoms with Crippen molar-refractivity contribution in [1.82, 2.24) is 4.90 Å². The Kier molecular flexibility index (Phi) is 3.69. The number of fused-ring (bicyclic) bond motifs is 1. The Hall–Kier alpha value is -0.830. The summed E-state index contributed by atoms with van der Waals surface area (Å²) in [7, 11) is 1.82. The van der Waals surface area contributed by atoms with E-state index in [4.69, 9.17) is 0 Å². The highest BCUT2D eigenvalue weighted by atomic mass is 79.9. The van der Waals surface area contributed by atoms with Gasteiger partial charge in [-0.15, -0.1) is 0 Å². The molecule has 3 heteroatoms. The van der Waals surface area contributed by atoms with Crippen LogP contribution in [0.1, 0.15) is 29.8 Å². The van der Waals surface area contributed by atoms with Gasteiger partial charge in [0, 0.05) is 23.6 Å². The first-order chi connectivity index (χ1) is 6.68. The van der Waals surface area contributed by atoms with Crippen LogP contribution in [0.15, 0.2) is 22.7 Å². The summed E-state index contributed by atoms with van der Waals surface area (Å²) in [4.78, 5) is 13.1. The van der Waals surface area contributed by atoms with Gasteiger partial charge < -0.3 is 4.90 Å². The summed E-state index contributed by atoms with van der Waals surface area (Å²) >= 11 is 3.37. The van der Waals surface area contributed by atoms with Gasteiger partial charge in [0.15, 0.2) is 0 Å². The van der Waals surface area contributed by atoms with Crippen LogP contribution in [-0.4, -0.2) is 17.9 Å². The van der Waals surface area contributed by atoms with E-state index < -0.39 is 0 Å². The zero-order valence-corrected chi connectivity index (χ0v) is 10.3. The number of nitrogens with zero attached hydrogens (tertiary/aromatic N) is 1. The van der Waals surface area contributed by atoms with Gasteiger partial charge in [0.2, 0.25) is 0 Å². The fourth-order valence-electron chi connectivity index (χ4n) is 1.43. The minimum Gasteiger partial charge on any atom is -0.337 e. The molecule has 2 nitrogen and oxygen atoms in total. The zero-order valence-electron chi connectivity index (χ0n) is 8.67. The number of benzene rings is 1. The second-order valence-electron chi connectivity index (χ2n) is 2.96. The summed E-state index contributed by atoms with van der Waals surface area (Å²) in [6.07, 6.45) is 0. The highest BCUT2D eigenvalue weighted by Crippen LogP contribution is 2.24. The van der Waals surface area contributed by atoms with E-state index in [9.17, 15) is 4.79 Å². The highest BCUT2D eigenvalue weighted by molar-refractivity contribution is 9.10. The molecule has 1 aliphatic rings. The molecular formula is C11H14BrNO. The van der Waals surface area contributed by atoms with E-state index in [0.29, 0.717) is 0 Å². The van der Waals surface area contributed by atoms with Gasteiger partial charge in [-0.1, -0.05) is 29.8 Å². The molecule has 0 bridgehead atoms. The number of amides is 1. The number of rotatable bonds is 0. The summed E-state index contributed by atoms with van der Waals surface area (Å²) in [5, 5.41) is 0. The number of carbonyl (C=O) groups is 1. The average Bonchev–Trinajstić information content (AvgIpc) is 2.45. The van der Waals surface area contributed by atoms with Crippen molar-refractivity contribution in [3.63, 3.8) is 0 Å². The van der Waals surface area contributed by atoms with Crippen LogP contribution in [0.25, 0.3) is 0 Å². The Morgan fingerprint density at radius 3 is 2.64 bits per heavy atom. The third-order valence-electron chi connectivity index (χ3n) is 2.05. The standard InChI is InChI=1S/C9H8BrNO.C2H6/c1-11-5-6-4-7(10)2-3-8(6)9(11)12;1-2/h2-4H,5H2,1H3;1-2H3. The number of hydrogen-bond donors (Lipinski definition) is 0. The van der Waals surface area contributed by atoms with Crippen LogP contribution in [0.2, 0.25) is 0 Å². The first-order valence-corrected chi connectivity index (χ1v) is 5.51. The molecule has 0 saturated heterocycles. The molecule has 0 atom stereocenters. The van der Waals surface area contributed by atoms with E-state index in [-0.39, 0.29) is 5.91 Å². The lowest BCUT2D eigenvalue weighted by atomic mass is 10.1. The van der Waals surface area contributed by atoms with Crippen molar-refractivity contribution >= 4 is 21.8 Å². The van der Waals surface area contributed by atoms with Crippen LogP contribution < -0.4 is 0 Å². The maximum atomic E-state index is 11.4. The molecule has 0 saturated carbocycles. The quantitative estimate of drug-likeness (QED) is 0.698. The molecule has 0 aromatic heterocycles. The Morgan fingerprint density at radius 2 is 2.00 bits per heavy atom. The molecule has 0 unspecified atom stereocenters. The van der Waals surface area contributed by atoms with Crippen LogP contribution in [0, 0.1) is 0 Å². The Labute approximate surface area is 93.0 Å². The predicted molar refractivity (Wildman–Crippen MR) is 61.3 cm³/mol. The van der Waals surface area contributed by atoms with Crippen molar-refractivity contribution in [3.8, 4) is 0 Å². The van der Waals surface area contributed by atoms with E-state index in [1.807, 2.05) is 39.1 Å². The van der Waals surface area contributed by atoms with Gasteiger partial charge in [-0.2, -0.15) is 0 Å². The topological polar surface area (TPSA) is 20.3 Å². The number of halogens is 1. The first kappa shape index (κ1) is 11.2. The molecule has 1 aromatic rings. The third kappa shape index (κ3) is 1.98. The normalized spacial score (nSPS) is 13.4. The fourth-order valence-corrected chi connectivity index (χ4v) is 1.84. The Bertz CT molecular complexity index is 349. The van der Waals surface area contributed by atoms with E-state index in [2.05, 4.69) is 15.9 Å². The molecule has 1 aliphatic heterocycles. The van der Waals surface area contributed by atoms with E-state index in [1.165, 1.54) is 0 Å². The Balaban J connectivity index is 0.000000461. The van der Waals surface area contributed by atoms with Crippen molar-refractivity contribution in [2.75, 3.05) is 7.05 Å². The smallest absolute Gasteiger partial charge is 0.254 e. The molecule has 76 valence electrons. The van der Waals surface area contributed by atoms with Crippen molar-refractivity contribution < 1.29 is 4.79 Å². The minimum absolute atomic E-state index is 0.123. The Morgan fingerprint density at radius 1 is 1.36 bits per heavy atom. The summed E-state index contributed by atoms with van der Waals surface area (Å²) < 4.78 is 1.03. The van der Waals surface area contributed by atoms with Crippen LogP contribution in [0.5, 0.6) is 0 Å². The molecule has 0 spiro atoms. The van der Waals surface area contributed by atoms with Crippen molar-refractivity contribution in [2.45, 2.75) is 20.4 Å². The van der Waals surface area contributed by atoms with Gasteiger partial charge in [0.05, 0.1) is 0 Å². The lowest BCUT2D eigenvalue weighted by Gasteiger charge is -2.04. The second kappa shape index (κ2) is 4.60. The predicted octanol–water partition coefficient (Wildman–Crippen LogP) is 3.06. The van der Waals surface area contributed by atoms with E-state index >= 15 is 0 Å². The van der Waals surface area contributed by atoms with Crippen LogP contribution in [-0.2, 0) is 6.54 Å². The van der Waals surface area contributed by atoms with Crippen molar-refractivity contribution in [3.05, 3.63) is 33.8 Å². The third-order valence-corrected chi connectivity index (χ3v) is 2.55. The van der Waals surface area contributed by atoms with Gasteiger partial charge in [-0.05, 0) is 23.8 Å². The summed E-state index contributed by atoms with van der Waals surface area (Å²) in [5.41, 5.74) is 1.94. The lowest BCUT2D eigenvalue weighted by molar-refractivity contribution is 0.0816. The first-order valence-electron chi connectivity index (χ1n) is 4.72. The molecule has 1 heterocycles. The number of carbonyl (C=O) groups excluding carboxylic acids is 1. The molecule has 1 amide bonds. The molecule has 1 aromatic carbocycles. The minimum atomic E-state index is 0.123. The lowest BCUT2D eigenvalue weighted by Crippen LogP contribution is -2.17. The van der Waals surface area contributed by atoms with E-state index in [1.54, 1.807) is 4.90 Å². The SMILES string of the molecule is CC.CN1Cc2cc(Br)ccc2C1=O. The molecule has 0 N–H and O–H groups in total. The second-order valence-corrected chi connectivity index (χ2v) is 3.88. The molecule has 0 fully saturated rings. The largest absolute Gasteiger partial charge is 0.337 e. The van der Waals surface area contributed by atoms with Crippen LogP contribution >= 0.6 is 15.9 Å². The summed E-state index contributed by atoms with van der Waals surface area (Å²) in [6.45, 7) is 4.73.